The molecule has 0 spiro atoms. The van der Waals surface area contributed by atoms with E-state index in [1.165, 1.54) is 25.2 Å². The molecule has 0 N–H and O–H groups in total. The van der Waals surface area contributed by atoms with Crippen molar-refractivity contribution in [2.75, 3.05) is 18.9 Å². The van der Waals surface area contributed by atoms with Crippen LogP contribution in [0.4, 0.5) is 0 Å². The summed E-state index contributed by atoms with van der Waals surface area (Å²) in [5.41, 5.74) is 0. The van der Waals surface area contributed by atoms with Crippen molar-refractivity contribution in [1.29, 1.82) is 0 Å². The molecule has 1 rings (SSSR count). The molecular formula is C12H21OP. The Labute approximate surface area is 89.0 Å². The van der Waals surface area contributed by atoms with Crippen LogP contribution in [0.15, 0.2) is 23.2 Å². The molecule has 0 atom stereocenters. The van der Waals surface area contributed by atoms with E-state index in [-0.39, 0.29) is 7.92 Å². The van der Waals surface area contributed by atoms with Crippen LogP contribution in [0.25, 0.3) is 0 Å². The molecule has 0 aliphatic carbocycles. The molecule has 1 saturated heterocycles. The lowest BCUT2D eigenvalue weighted by molar-refractivity contribution is 0.231. The van der Waals surface area contributed by atoms with Gasteiger partial charge in [-0.2, -0.15) is 0 Å². The van der Waals surface area contributed by atoms with Crippen LogP contribution < -0.4 is 0 Å². The average Bonchev–Trinajstić information content (AvgIpc) is 2.67. The Morgan fingerprint density at radius 2 is 1.86 bits per heavy atom. The van der Waals surface area contributed by atoms with Gasteiger partial charge in [0.05, 0.1) is 12.4 Å². The Morgan fingerprint density at radius 1 is 1.21 bits per heavy atom. The van der Waals surface area contributed by atoms with Gasteiger partial charge in [-0.25, -0.2) is 0 Å². The fourth-order valence-corrected chi connectivity index (χ4v) is 4.11. The van der Waals surface area contributed by atoms with Crippen LogP contribution in [0.3, 0.4) is 0 Å². The van der Waals surface area contributed by atoms with Crippen molar-refractivity contribution < 1.29 is 4.74 Å². The number of rotatable bonds is 4. The smallest absolute Gasteiger partial charge is 0.0928 e. The largest absolute Gasteiger partial charge is 0.499 e. The fourth-order valence-electron chi connectivity index (χ4n) is 1.69. The molecule has 1 nitrogen and oxygen atoms in total. The van der Waals surface area contributed by atoms with Gasteiger partial charge in [-0.15, -0.1) is 0 Å². The Bertz CT molecular complexity index is 224. The molecule has 2 heteroatoms. The fraction of sp³-hybridized carbons (Fsp3) is 0.667. The third kappa shape index (κ3) is 3.84. The zero-order chi connectivity index (χ0) is 10.4. The zero-order valence-electron chi connectivity index (χ0n) is 9.55. The Hall–Kier alpha value is -0.290. The molecule has 14 heavy (non-hydrogen) atoms. The van der Waals surface area contributed by atoms with Crippen LogP contribution >= 0.6 is 7.92 Å². The third-order valence-corrected chi connectivity index (χ3v) is 5.39. The molecule has 0 radical (unpaired) electrons. The lowest BCUT2D eigenvalue weighted by Crippen LogP contribution is -1.85. The summed E-state index contributed by atoms with van der Waals surface area (Å²) in [6.07, 6.45) is 10.1. The summed E-state index contributed by atoms with van der Waals surface area (Å²) < 4.78 is 5.38. The van der Waals surface area contributed by atoms with Crippen molar-refractivity contribution in [3.63, 3.8) is 0 Å². The van der Waals surface area contributed by atoms with E-state index in [0.717, 1.165) is 12.4 Å². The lowest BCUT2D eigenvalue weighted by atomic mass is 10.4. The minimum absolute atomic E-state index is 0.215. The molecule has 80 valence electrons. The number of allylic oxidation sites excluding steroid dienone is 4. The second kappa shape index (κ2) is 6.24. The summed E-state index contributed by atoms with van der Waals surface area (Å²) in [4.78, 5) is 0. The normalized spacial score (nSPS) is 20.2. The van der Waals surface area contributed by atoms with Gasteiger partial charge in [-0.1, -0.05) is 14.0 Å². The first-order valence-corrected chi connectivity index (χ1v) is 7.18. The first-order valence-electron chi connectivity index (χ1n) is 5.47. The van der Waals surface area contributed by atoms with Gasteiger partial charge in [0, 0.05) is 0 Å². The van der Waals surface area contributed by atoms with E-state index in [4.69, 9.17) is 4.74 Å². The van der Waals surface area contributed by atoms with E-state index in [1.54, 1.807) is 5.31 Å². The van der Waals surface area contributed by atoms with Crippen molar-refractivity contribution >= 4 is 7.92 Å². The Morgan fingerprint density at radius 3 is 2.43 bits per heavy atom. The summed E-state index contributed by atoms with van der Waals surface area (Å²) >= 11 is 0. The van der Waals surface area contributed by atoms with Crippen LogP contribution in [0.5, 0.6) is 0 Å². The van der Waals surface area contributed by atoms with Crippen LogP contribution in [0, 0.1) is 0 Å². The van der Waals surface area contributed by atoms with Gasteiger partial charge in [0.25, 0.3) is 0 Å². The maximum atomic E-state index is 5.38. The number of ether oxygens (including phenoxy) is 1. The van der Waals surface area contributed by atoms with Crippen LogP contribution in [0.2, 0.25) is 0 Å². The van der Waals surface area contributed by atoms with E-state index in [2.05, 4.69) is 19.1 Å². The van der Waals surface area contributed by atoms with Crippen molar-refractivity contribution in [2.45, 2.75) is 33.6 Å². The van der Waals surface area contributed by atoms with Gasteiger partial charge in [-0.05, 0) is 57.3 Å². The topological polar surface area (TPSA) is 9.23 Å². The van der Waals surface area contributed by atoms with E-state index in [0.29, 0.717) is 0 Å². The Balaban J connectivity index is 2.45. The summed E-state index contributed by atoms with van der Waals surface area (Å²) in [5.74, 6) is 1.03. The minimum Gasteiger partial charge on any atom is -0.499 e. The first kappa shape index (κ1) is 11.8. The molecular weight excluding hydrogens is 191 g/mol. The molecule has 0 amide bonds. The highest BCUT2D eigenvalue weighted by Crippen LogP contribution is 2.50. The van der Waals surface area contributed by atoms with Gasteiger partial charge >= 0.3 is 0 Å². The van der Waals surface area contributed by atoms with Crippen molar-refractivity contribution in [3.8, 4) is 0 Å². The van der Waals surface area contributed by atoms with Crippen LogP contribution in [-0.4, -0.2) is 18.9 Å². The molecule has 0 aromatic heterocycles. The van der Waals surface area contributed by atoms with E-state index >= 15 is 0 Å². The molecule has 0 aromatic rings. The van der Waals surface area contributed by atoms with Crippen LogP contribution in [0.1, 0.15) is 33.6 Å². The standard InChI is InChI=1S/C12H21OP/c1-4-13-11(2)7-8-12(3)14-9-5-6-10-14/h7-8H,4-6,9-10H2,1-3H3. The number of hydrogen-bond acceptors (Lipinski definition) is 1. The van der Waals surface area contributed by atoms with Crippen molar-refractivity contribution in [2.24, 2.45) is 0 Å². The molecule has 0 aromatic carbocycles. The minimum atomic E-state index is 0.215. The lowest BCUT2D eigenvalue weighted by Gasteiger charge is -2.09. The third-order valence-electron chi connectivity index (χ3n) is 2.54. The predicted octanol–water partition coefficient (Wildman–Crippen LogP) is 4.11. The van der Waals surface area contributed by atoms with Crippen molar-refractivity contribution in [3.05, 3.63) is 23.2 Å². The molecule has 1 aliphatic heterocycles. The molecule has 1 fully saturated rings. The average molecular weight is 212 g/mol. The van der Waals surface area contributed by atoms with Gasteiger partial charge < -0.3 is 4.74 Å². The van der Waals surface area contributed by atoms with Crippen LogP contribution in [-0.2, 0) is 4.74 Å². The summed E-state index contributed by atoms with van der Waals surface area (Å²) in [5, 5.41) is 1.58. The monoisotopic (exact) mass is 212 g/mol. The molecule has 0 saturated carbocycles. The zero-order valence-corrected chi connectivity index (χ0v) is 10.4. The highest BCUT2D eigenvalue weighted by atomic mass is 31.1. The summed E-state index contributed by atoms with van der Waals surface area (Å²) in [7, 11) is 0.215. The number of hydrogen-bond donors (Lipinski definition) is 0. The second-order valence-corrected chi connectivity index (χ2v) is 6.39. The van der Waals surface area contributed by atoms with E-state index in [9.17, 15) is 0 Å². The maximum Gasteiger partial charge on any atom is 0.0928 e. The highest BCUT2D eigenvalue weighted by molar-refractivity contribution is 7.62. The second-order valence-electron chi connectivity index (χ2n) is 3.71. The van der Waals surface area contributed by atoms with Gasteiger partial charge in [0.15, 0.2) is 0 Å². The van der Waals surface area contributed by atoms with Gasteiger partial charge in [0.2, 0.25) is 0 Å². The van der Waals surface area contributed by atoms with Gasteiger partial charge in [0.1, 0.15) is 0 Å². The Kier molecular flexibility index (Phi) is 5.25. The summed E-state index contributed by atoms with van der Waals surface area (Å²) in [6.45, 7) is 7.08. The molecule has 1 heterocycles. The molecule has 0 unspecified atom stereocenters. The predicted molar refractivity (Wildman–Crippen MR) is 65.0 cm³/mol. The maximum absolute atomic E-state index is 5.38. The molecule has 1 aliphatic rings. The quantitative estimate of drug-likeness (QED) is 0.387. The van der Waals surface area contributed by atoms with Crippen molar-refractivity contribution in [1.82, 2.24) is 0 Å². The first-order chi connectivity index (χ1) is 6.74. The molecule has 0 bridgehead atoms. The SMILES string of the molecule is CCOC(C)=CC=C(C)P1CCCC1. The highest BCUT2D eigenvalue weighted by Gasteiger charge is 2.14. The van der Waals surface area contributed by atoms with E-state index < -0.39 is 0 Å². The van der Waals surface area contributed by atoms with Gasteiger partial charge in [-0.3, -0.25) is 0 Å². The van der Waals surface area contributed by atoms with E-state index in [1.807, 2.05) is 13.8 Å². The summed E-state index contributed by atoms with van der Waals surface area (Å²) in [6, 6.07) is 0.